The van der Waals surface area contributed by atoms with Gasteiger partial charge in [-0.3, -0.25) is 9.80 Å². The molecule has 0 aromatic heterocycles. The fourth-order valence-electron chi connectivity index (χ4n) is 3.50. The summed E-state index contributed by atoms with van der Waals surface area (Å²) in [4.78, 5) is 9.36. The number of piperazine rings is 3. The van der Waals surface area contributed by atoms with Gasteiger partial charge in [0.05, 0.1) is 0 Å². The van der Waals surface area contributed by atoms with Crippen LogP contribution in [0.1, 0.15) is 79.1 Å². The number of nitrogens with zero attached hydrogens (tertiary/aromatic N) is 4. The number of hydrogen-bond donors (Lipinski definition) is 0. The van der Waals surface area contributed by atoms with Crippen LogP contribution in [0.4, 0.5) is 0 Å². The summed E-state index contributed by atoms with van der Waals surface area (Å²) in [5, 5.41) is 0. The van der Waals surface area contributed by atoms with E-state index < -0.39 is 0 Å². The van der Waals surface area contributed by atoms with Gasteiger partial charge in [0, 0.05) is 65.4 Å². The maximum Gasteiger partial charge on any atom is 2.00 e. The first kappa shape index (κ1) is 35.9. The van der Waals surface area contributed by atoms with Gasteiger partial charge in [-0.15, -0.1) is 0 Å². The minimum atomic E-state index is 0. The Kier molecular flexibility index (Phi) is 26.6. The van der Waals surface area contributed by atoms with Gasteiger partial charge in [-0.2, -0.15) is 0 Å². The summed E-state index contributed by atoms with van der Waals surface area (Å²) >= 11 is 19.9. The first-order valence-electron chi connectivity index (χ1n) is 12.8. The normalized spacial score (nSPS) is 18.1. The third kappa shape index (κ3) is 19.6. The van der Waals surface area contributed by atoms with Crippen molar-refractivity contribution in [3.8, 4) is 0 Å². The Hall–Kier alpha value is 0.763. The fourth-order valence-corrected chi connectivity index (χ4v) is 4.23. The van der Waals surface area contributed by atoms with Crippen LogP contribution in [0.15, 0.2) is 0 Å². The van der Waals surface area contributed by atoms with Crippen molar-refractivity contribution in [2.45, 2.75) is 79.1 Å². The Balaban J connectivity index is 0. The molecule has 0 spiro atoms. The van der Waals surface area contributed by atoms with Crippen LogP contribution in [0.25, 0.3) is 0 Å². The zero-order chi connectivity index (χ0) is 24.2. The number of hydrogen-bond acceptors (Lipinski definition) is 6. The second-order valence-corrected chi connectivity index (χ2v) is 10.7. The van der Waals surface area contributed by atoms with Crippen LogP contribution in [0, 0.1) is 0 Å². The summed E-state index contributed by atoms with van der Waals surface area (Å²) in [6.45, 7) is 20.8. The molecule has 0 radical (unpaired) electrons. The summed E-state index contributed by atoms with van der Waals surface area (Å²) in [7, 11) is 0. The first-order chi connectivity index (χ1) is 15.4. The maximum absolute atomic E-state index is 4.98. The van der Waals surface area contributed by atoms with Gasteiger partial charge in [0.2, 0.25) is 0 Å². The van der Waals surface area contributed by atoms with Gasteiger partial charge in [0.1, 0.15) is 0 Å². The fraction of sp³-hybridized carbons (Fsp3) is 0.917. The topological polar surface area (TPSA) is 13.0 Å². The molecule has 0 atom stereocenters. The van der Waals surface area contributed by atoms with Crippen molar-refractivity contribution in [3.05, 3.63) is 0 Å². The quantitative estimate of drug-likeness (QED) is 0.177. The van der Waals surface area contributed by atoms with Crippen molar-refractivity contribution in [2.24, 2.45) is 0 Å². The first-order valence-corrected chi connectivity index (χ1v) is 14.4. The van der Waals surface area contributed by atoms with Crippen LogP contribution in [0.5, 0.6) is 0 Å². The average Bonchev–Trinajstić information content (AvgIpc) is 2.81. The van der Waals surface area contributed by atoms with Crippen LogP contribution >= 0.6 is 24.4 Å². The van der Waals surface area contributed by atoms with Gasteiger partial charge in [-0.1, -0.05) is 62.0 Å². The van der Waals surface area contributed by atoms with Crippen molar-refractivity contribution in [1.82, 2.24) is 19.6 Å². The third-order valence-electron chi connectivity index (χ3n) is 5.84. The van der Waals surface area contributed by atoms with E-state index in [2.05, 4.69) is 47.3 Å². The Bertz CT molecular complexity index is 408. The van der Waals surface area contributed by atoms with Crippen LogP contribution in [0.2, 0.25) is 0 Å². The molecule has 0 aliphatic carbocycles. The molecular weight excluding hydrogens is 538 g/mol. The standard InChI is InChI=1S/2C9H19NS2.C6H12N2.Zn/c2*1-3-5-7-10(9(11)12)8-6-4-2;1-2-8-5-3-7(1)4-6-8;/h2*3-8H2,1-2H3,(H,11,12);1-6H2;/q;;;+2/p-2. The molecule has 2 bridgehead atoms. The number of rotatable bonds is 12. The van der Waals surface area contributed by atoms with Crippen molar-refractivity contribution >= 4 is 58.3 Å². The van der Waals surface area contributed by atoms with Crippen LogP contribution in [-0.2, 0) is 44.7 Å². The number of thiocarbonyl (C=S) groups is 2. The minimum Gasteiger partial charge on any atom is -0.411 e. The van der Waals surface area contributed by atoms with E-state index in [4.69, 9.17) is 49.7 Å². The van der Waals surface area contributed by atoms with E-state index in [0.717, 1.165) is 26.2 Å². The predicted molar refractivity (Wildman–Crippen MR) is 156 cm³/mol. The Morgan fingerprint density at radius 3 is 0.909 bits per heavy atom. The smallest absolute Gasteiger partial charge is 0.411 e. The van der Waals surface area contributed by atoms with Gasteiger partial charge in [0.25, 0.3) is 0 Å². The van der Waals surface area contributed by atoms with E-state index in [-0.39, 0.29) is 19.5 Å². The van der Waals surface area contributed by atoms with Crippen LogP contribution in [-0.4, -0.2) is 93.7 Å². The number of unbranched alkanes of at least 4 members (excludes halogenated alkanes) is 4. The van der Waals surface area contributed by atoms with E-state index in [0.29, 0.717) is 8.64 Å². The van der Waals surface area contributed by atoms with Crippen molar-refractivity contribution in [3.63, 3.8) is 0 Å². The summed E-state index contributed by atoms with van der Waals surface area (Å²) in [6.07, 6.45) is 9.62. The molecule has 4 nitrogen and oxygen atoms in total. The molecule has 0 amide bonds. The van der Waals surface area contributed by atoms with E-state index in [1.165, 1.54) is 90.6 Å². The minimum absolute atomic E-state index is 0. The predicted octanol–water partition coefficient (Wildman–Crippen LogP) is 5.06. The Morgan fingerprint density at radius 2 is 0.788 bits per heavy atom. The van der Waals surface area contributed by atoms with Gasteiger partial charge in [0.15, 0.2) is 0 Å². The Morgan fingerprint density at radius 1 is 0.576 bits per heavy atom. The van der Waals surface area contributed by atoms with Crippen molar-refractivity contribution in [2.75, 3.05) is 65.4 Å². The molecule has 0 aromatic rings. The van der Waals surface area contributed by atoms with Gasteiger partial charge >= 0.3 is 19.5 Å². The monoisotopic (exact) mass is 584 g/mol. The zero-order valence-corrected chi connectivity index (χ0v) is 28.1. The molecule has 3 heterocycles. The van der Waals surface area contributed by atoms with Gasteiger partial charge in [-0.05, 0) is 25.7 Å². The van der Waals surface area contributed by atoms with E-state index in [1.807, 2.05) is 0 Å². The molecule has 190 valence electrons. The molecule has 33 heavy (non-hydrogen) atoms. The Labute approximate surface area is 240 Å². The molecule has 0 saturated carbocycles. The molecule has 3 aliphatic heterocycles. The van der Waals surface area contributed by atoms with Crippen molar-refractivity contribution in [1.29, 1.82) is 0 Å². The second kappa shape index (κ2) is 24.5. The van der Waals surface area contributed by atoms with Gasteiger partial charge < -0.3 is 59.5 Å². The number of fused-ring (bicyclic) bond motifs is 3. The average molecular weight is 586 g/mol. The molecular formula is C24H48N4S4Zn. The largest absolute Gasteiger partial charge is 2.00 e. The summed E-state index contributed by atoms with van der Waals surface area (Å²) < 4.78 is 1.27. The molecule has 3 saturated heterocycles. The zero-order valence-electron chi connectivity index (χ0n) is 21.9. The van der Waals surface area contributed by atoms with Crippen LogP contribution < -0.4 is 0 Å². The van der Waals surface area contributed by atoms with Gasteiger partial charge in [-0.25, -0.2) is 0 Å². The molecule has 0 aromatic carbocycles. The SMILES string of the molecule is C1CN2CCN1CC2.CCCCN(CCCC)C(=S)[S-].CCCCN(CCCC)C(=S)[S-].[Zn+2]. The van der Waals surface area contributed by atoms with Crippen molar-refractivity contribution < 1.29 is 19.5 Å². The molecule has 3 rings (SSSR count). The molecule has 0 unspecified atom stereocenters. The third-order valence-corrected chi connectivity index (χ3v) is 6.87. The molecule has 3 aliphatic rings. The maximum atomic E-state index is 4.98. The summed E-state index contributed by atoms with van der Waals surface area (Å²) in [6, 6.07) is 0. The molecule has 9 heteroatoms. The molecule has 0 N–H and O–H groups in total. The van der Waals surface area contributed by atoms with E-state index in [1.54, 1.807) is 0 Å². The van der Waals surface area contributed by atoms with Crippen LogP contribution in [0.3, 0.4) is 0 Å². The van der Waals surface area contributed by atoms with E-state index in [9.17, 15) is 0 Å². The summed E-state index contributed by atoms with van der Waals surface area (Å²) in [5.41, 5.74) is 0. The second-order valence-electron chi connectivity index (χ2n) is 8.60. The summed E-state index contributed by atoms with van der Waals surface area (Å²) in [5.74, 6) is 0. The molecule has 3 fully saturated rings. The van der Waals surface area contributed by atoms with E-state index >= 15 is 0 Å².